The standard InChI is InChI=1S/C15H17N3OS/c1-9-4-5-12(19-3)11(8-9)18-15-13(14(16)20)10(2)6-7-17-15/h4-8H,1-3H3,(H2,16,20)(H,17,18). The number of hydrogen-bond acceptors (Lipinski definition) is 4. The summed E-state index contributed by atoms with van der Waals surface area (Å²) in [6.07, 6.45) is 1.72. The van der Waals surface area contributed by atoms with E-state index in [1.807, 2.05) is 38.1 Å². The minimum Gasteiger partial charge on any atom is -0.495 e. The number of methoxy groups -OCH3 is 1. The molecule has 2 aromatic rings. The Morgan fingerprint density at radius 1 is 1.30 bits per heavy atom. The lowest BCUT2D eigenvalue weighted by molar-refractivity contribution is 0.416. The van der Waals surface area contributed by atoms with Gasteiger partial charge < -0.3 is 15.8 Å². The molecule has 0 aliphatic carbocycles. The van der Waals surface area contributed by atoms with Crippen LogP contribution in [0.4, 0.5) is 11.5 Å². The molecule has 0 unspecified atom stereocenters. The van der Waals surface area contributed by atoms with Gasteiger partial charge in [-0.1, -0.05) is 18.3 Å². The molecule has 0 amide bonds. The van der Waals surface area contributed by atoms with Crippen LogP contribution in [-0.4, -0.2) is 17.1 Å². The van der Waals surface area contributed by atoms with E-state index in [9.17, 15) is 0 Å². The molecule has 0 radical (unpaired) electrons. The predicted molar refractivity (Wildman–Crippen MR) is 85.9 cm³/mol. The van der Waals surface area contributed by atoms with Gasteiger partial charge in [0.25, 0.3) is 0 Å². The van der Waals surface area contributed by atoms with Crippen molar-refractivity contribution in [2.24, 2.45) is 5.73 Å². The third-order valence-corrected chi connectivity index (χ3v) is 3.22. The van der Waals surface area contributed by atoms with E-state index >= 15 is 0 Å². The minimum atomic E-state index is 0.324. The van der Waals surface area contributed by atoms with E-state index in [4.69, 9.17) is 22.7 Å². The Morgan fingerprint density at radius 3 is 2.70 bits per heavy atom. The number of nitrogens with two attached hydrogens (primary N) is 1. The number of ether oxygens (including phenoxy) is 1. The van der Waals surface area contributed by atoms with Crippen LogP contribution in [0.1, 0.15) is 16.7 Å². The van der Waals surface area contributed by atoms with Crippen molar-refractivity contribution in [3.63, 3.8) is 0 Å². The average molecular weight is 287 g/mol. The molecule has 0 saturated heterocycles. The quantitative estimate of drug-likeness (QED) is 0.846. The fourth-order valence-electron chi connectivity index (χ4n) is 2.01. The summed E-state index contributed by atoms with van der Waals surface area (Å²) in [5.41, 5.74) is 9.49. The van der Waals surface area contributed by atoms with Crippen molar-refractivity contribution in [3.8, 4) is 5.75 Å². The molecular formula is C15H17N3OS. The molecule has 3 N–H and O–H groups in total. The van der Waals surface area contributed by atoms with E-state index in [1.165, 1.54) is 0 Å². The van der Waals surface area contributed by atoms with Gasteiger partial charge in [0.1, 0.15) is 16.6 Å². The van der Waals surface area contributed by atoms with Crippen molar-refractivity contribution >= 4 is 28.7 Å². The maximum atomic E-state index is 5.79. The molecule has 0 fully saturated rings. The van der Waals surface area contributed by atoms with E-state index in [-0.39, 0.29) is 0 Å². The van der Waals surface area contributed by atoms with Crippen LogP contribution in [0.5, 0.6) is 5.75 Å². The van der Waals surface area contributed by atoms with Gasteiger partial charge in [-0.15, -0.1) is 0 Å². The second-order valence-corrected chi connectivity index (χ2v) is 4.98. The molecule has 0 bridgehead atoms. The molecule has 1 aromatic carbocycles. The molecule has 20 heavy (non-hydrogen) atoms. The number of nitrogens with zero attached hydrogens (tertiary/aromatic N) is 1. The Labute approximate surface area is 124 Å². The first kappa shape index (κ1) is 14.3. The summed E-state index contributed by atoms with van der Waals surface area (Å²) in [6, 6.07) is 7.77. The average Bonchev–Trinajstić information content (AvgIpc) is 2.38. The van der Waals surface area contributed by atoms with Crippen LogP contribution in [0, 0.1) is 13.8 Å². The molecule has 0 atom stereocenters. The lowest BCUT2D eigenvalue weighted by Crippen LogP contribution is -2.15. The van der Waals surface area contributed by atoms with Crippen LogP contribution in [0.25, 0.3) is 0 Å². The van der Waals surface area contributed by atoms with Crippen molar-refractivity contribution in [2.45, 2.75) is 13.8 Å². The van der Waals surface area contributed by atoms with Crippen molar-refractivity contribution in [1.29, 1.82) is 0 Å². The highest BCUT2D eigenvalue weighted by molar-refractivity contribution is 7.80. The molecule has 0 saturated carbocycles. The van der Waals surface area contributed by atoms with Gasteiger partial charge in [0.2, 0.25) is 0 Å². The molecule has 5 heteroatoms. The van der Waals surface area contributed by atoms with Gasteiger partial charge in [0.05, 0.1) is 18.4 Å². The Balaban J connectivity index is 2.48. The molecule has 0 aliphatic heterocycles. The fraction of sp³-hybridized carbons (Fsp3) is 0.200. The highest BCUT2D eigenvalue weighted by Gasteiger charge is 2.12. The van der Waals surface area contributed by atoms with Crippen molar-refractivity contribution < 1.29 is 4.74 Å². The zero-order valence-electron chi connectivity index (χ0n) is 11.7. The van der Waals surface area contributed by atoms with E-state index < -0.39 is 0 Å². The second kappa shape index (κ2) is 5.88. The van der Waals surface area contributed by atoms with E-state index in [0.717, 1.165) is 28.1 Å². The Kier molecular flexibility index (Phi) is 4.20. The molecule has 104 valence electrons. The van der Waals surface area contributed by atoms with Crippen LogP contribution in [-0.2, 0) is 0 Å². The minimum absolute atomic E-state index is 0.324. The summed E-state index contributed by atoms with van der Waals surface area (Å²) >= 11 is 5.11. The molecular weight excluding hydrogens is 270 g/mol. The normalized spacial score (nSPS) is 10.2. The van der Waals surface area contributed by atoms with Crippen LogP contribution >= 0.6 is 12.2 Å². The van der Waals surface area contributed by atoms with Gasteiger partial charge in [-0.05, 0) is 43.2 Å². The summed E-state index contributed by atoms with van der Waals surface area (Å²) in [5, 5.41) is 3.25. The number of anilines is 2. The van der Waals surface area contributed by atoms with Gasteiger partial charge in [0, 0.05) is 6.20 Å². The Bertz CT molecular complexity index is 656. The number of rotatable bonds is 4. The number of benzene rings is 1. The molecule has 4 nitrogen and oxygen atoms in total. The van der Waals surface area contributed by atoms with Crippen molar-refractivity contribution in [2.75, 3.05) is 12.4 Å². The van der Waals surface area contributed by atoms with Gasteiger partial charge in [-0.2, -0.15) is 0 Å². The summed E-state index contributed by atoms with van der Waals surface area (Å²) < 4.78 is 5.35. The van der Waals surface area contributed by atoms with Gasteiger partial charge in [-0.3, -0.25) is 0 Å². The molecule has 0 spiro atoms. The maximum Gasteiger partial charge on any atom is 0.142 e. The Morgan fingerprint density at radius 2 is 2.05 bits per heavy atom. The third kappa shape index (κ3) is 2.88. The zero-order chi connectivity index (χ0) is 14.7. The van der Waals surface area contributed by atoms with Crippen LogP contribution in [0.2, 0.25) is 0 Å². The van der Waals surface area contributed by atoms with Gasteiger partial charge in [-0.25, -0.2) is 4.98 Å². The summed E-state index contributed by atoms with van der Waals surface area (Å²) in [6.45, 7) is 3.97. The molecule has 1 aromatic heterocycles. The zero-order valence-corrected chi connectivity index (χ0v) is 12.5. The lowest BCUT2D eigenvalue weighted by atomic mass is 10.1. The summed E-state index contributed by atoms with van der Waals surface area (Å²) in [7, 11) is 1.63. The van der Waals surface area contributed by atoms with Crippen molar-refractivity contribution in [1.82, 2.24) is 4.98 Å². The van der Waals surface area contributed by atoms with Crippen LogP contribution < -0.4 is 15.8 Å². The third-order valence-electron chi connectivity index (χ3n) is 3.01. The summed E-state index contributed by atoms with van der Waals surface area (Å²) in [4.78, 5) is 4.65. The molecule has 1 heterocycles. The van der Waals surface area contributed by atoms with E-state index in [0.29, 0.717) is 10.8 Å². The first-order valence-corrected chi connectivity index (χ1v) is 6.61. The summed E-state index contributed by atoms with van der Waals surface area (Å²) in [5.74, 6) is 1.38. The van der Waals surface area contributed by atoms with Gasteiger partial charge in [0.15, 0.2) is 0 Å². The largest absolute Gasteiger partial charge is 0.495 e. The monoisotopic (exact) mass is 287 g/mol. The number of nitrogens with one attached hydrogen (secondary N) is 1. The second-order valence-electron chi connectivity index (χ2n) is 4.54. The SMILES string of the molecule is COc1ccc(C)cc1Nc1nccc(C)c1C(N)=S. The molecule has 2 rings (SSSR count). The van der Waals surface area contributed by atoms with Crippen LogP contribution in [0.3, 0.4) is 0 Å². The van der Waals surface area contributed by atoms with Gasteiger partial charge >= 0.3 is 0 Å². The number of aryl methyl sites for hydroxylation is 2. The number of aromatic nitrogens is 1. The topological polar surface area (TPSA) is 60.2 Å². The fourth-order valence-corrected chi connectivity index (χ4v) is 2.27. The first-order valence-electron chi connectivity index (χ1n) is 6.20. The Hall–Kier alpha value is -2.14. The van der Waals surface area contributed by atoms with E-state index in [1.54, 1.807) is 13.3 Å². The maximum absolute atomic E-state index is 5.79. The highest BCUT2D eigenvalue weighted by Crippen LogP contribution is 2.29. The van der Waals surface area contributed by atoms with Crippen LogP contribution in [0.15, 0.2) is 30.5 Å². The smallest absolute Gasteiger partial charge is 0.142 e. The first-order chi connectivity index (χ1) is 9.52. The highest BCUT2D eigenvalue weighted by atomic mass is 32.1. The lowest BCUT2D eigenvalue weighted by Gasteiger charge is -2.15. The number of pyridine rings is 1. The molecule has 0 aliphatic rings. The van der Waals surface area contributed by atoms with E-state index in [2.05, 4.69) is 10.3 Å². The predicted octanol–water partition coefficient (Wildman–Crippen LogP) is 3.08. The number of hydrogen-bond donors (Lipinski definition) is 2. The number of thiocarbonyl (C=S) groups is 1. The van der Waals surface area contributed by atoms with Crippen molar-refractivity contribution in [3.05, 3.63) is 47.2 Å².